The molecule has 1 aromatic rings. The third-order valence-electron chi connectivity index (χ3n) is 2.41. The first-order valence-corrected chi connectivity index (χ1v) is 6.16. The predicted octanol–water partition coefficient (Wildman–Crippen LogP) is 2.53. The van der Waals surface area contributed by atoms with Gasteiger partial charge in [-0.2, -0.15) is 0 Å². The Bertz CT molecular complexity index is 392. The second kappa shape index (κ2) is 7.59. The molecule has 1 aromatic carbocycles. The van der Waals surface area contributed by atoms with Gasteiger partial charge in [0.2, 0.25) is 0 Å². The van der Waals surface area contributed by atoms with E-state index < -0.39 is 5.97 Å². The molecule has 0 radical (unpaired) electrons. The van der Waals surface area contributed by atoms with Gasteiger partial charge in [-0.25, -0.2) is 0 Å². The fourth-order valence-electron chi connectivity index (χ4n) is 1.53. The molecule has 0 unspecified atom stereocenters. The predicted molar refractivity (Wildman–Crippen MR) is 71.3 cm³/mol. The molecule has 0 bridgehead atoms. The smallest absolute Gasteiger partial charge is 0.317 e. The Balaban J connectivity index is 2.78. The number of rotatable bonds is 7. The SMILES string of the molecule is COCCN(CC(=O)O)Cc1c(Cl)cccc1Cl. The zero-order valence-corrected chi connectivity index (χ0v) is 11.5. The fraction of sp³-hybridized carbons (Fsp3) is 0.417. The number of carbonyl (C=O) groups is 1. The van der Waals surface area contributed by atoms with Gasteiger partial charge >= 0.3 is 5.97 Å². The van der Waals surface area contributed by atoms with Gasteiger partial charge in [0.1, 0.15) is 0 Å². The number of carboxylic acid groups (broad SMARTS) is 1. The molecule has 0 atom stereocenters. The Morgan fingerprint density at radius 2 is 2.00 bits per heavy atom. The van der Waals surface area contributed by atoms with Crippen LogP contribution in [0.3, 0.4) is 0 Å². The zero-order valence-electron chi connectivity index (χ0n) is 10.0. The summed E-state index contributed by atoms with van der Waals surface area (Å²) < 4.78 is 4.95. The Labute approximate surface area is 116 Å². The highest BCUT2D eigenvalue weighted by Crippen LogP contribution is 2.25. The van der Waals surface area contributed by atoms with Crippen LogP contribution < -0.4 is 0 Å². The number of ether oxygens (including phenoxy) is 1. The number of hydrogen-bond acceptors (Lipinski definition) is 3. The van der Waals surface area contributed by atoms with Gasteiger partial charge in [-0.05, 0) is 12.1 Å². The maximum absolute atomic E-state index is 10.8. The first-order valence-electron chi connectivity index (χ1n) is 5.40. The lowest BCUT2D eigenvalue weighted by molar-refractivity contribution is -0.138. The summed E-state index contributed by atoms with van der Waals surface area (Å²) in [6.07, 6.45) is 0. The zero-order chi connectivity index (χ0) is 13.5. The minimum absolute atomic E-state index is 0.0785. The average molecular weight is 292 g/mol. The van der Waals surface area contributed by atoms with Crippen molar-refractivity contribution in [2.45, 2.75) is 6.54 Å². The summed E-state index contributed by atoms with van der Waals surface area (Å²) in [6.45, 7) is 1.26. The number of nitrogens with zero attached hydrogens (tertiary/aromatic N) is 1. The molecule has 100 valence electrons. The van der Waals surface area contributed by atoms with Gasteiger partial charge in [-0.1, -0.05) is 29.3 Å². The second-order valence-corrected chi connectivity index (χ2v) is 4.61. The van der Waals surface area contributed by atoms with Crippen molar-refractivity contribution >= 4 is 29.2 Å². The van der Waals surface area contributed by atoms with E-state index in [1.165, 1.54) is 0 Å². The molecule has 0 aliphatic heterocycles. The van der Waals surface area contributed by atoms with E-state index in [0.29, 0.717) is 29.7 Å². The molecule has 18 heavy (non-hydrogen) atoms. The number of carboxylic acids is 1. The lowest BCUT2D eigenvalue weighted by atomic mass is 10.2. The molecule has 6 heteroatoms. The van der Waals surface area contributed by atoms with Crippen molar-refractivity contribution in [2.75, 3.05) is 26.8 Å². The molecule has 0 amide bonds. The van der Waals surface area contributed by atoms with Crippen LogP contribution in [-0.4, -0.2) is 42.8 Å². The third kappa shape index (κ3) is 4.82. The molecule has 0 spiro atoms. The minimum atomic E-state index is -0.894. The van der Waals surface area contributed by atoms with Crippen molar-refractivity contribution < 1.29 is 14.6 Å². The molecule has 1 rings (SSSR count). The first kappa shape index (κ1) is 15.2. The van der Waals surface area contributed by atoms with Crippen LogP contribution in [0.25, 0.3) is 0 Å². The summed E-state index contributed by atoms with van der Waals surface area (Å²) in [5, 5.41) is 9.93. The van der Waals surface area contributed by atoms with Gasteiger partial charge in [-0.15, -0.1) is 0 Å². The highest BCUT2D eigenvalue weighted by molar-refractivity contribution is 6.35. The van der Waals surface area contributed by atoms with Crippen LogP contribution in [0.1, 0.15) is 5.56 Å². The lowest BCUT2D eigenvalue weighted by Crippen LogP contribution is -2.32. The summed E-state index contributed by atoms with van der Waals surface area (Å²) in [4.78, 5) is 12.5. The van der Waals surface area contributed by atoms with Crippen LogP contribution in [0, 0.1) is 0 Å². The Kier molecular flexibility index (Phi) is 6.43. The number of hydrogen-bond donors (Lipinski definition) is 1. The monoisotopic (exact) mass is 291 g/mol. The Morgan fingerprint density at radius 1 is 1.39 bits per heavy atom. The van der Waals surface area contributed by atoms with Crippen molar-refractivity contribution in [3.8, 4) is 0 Å². The molecular formula is C12H15Cl2NO3. The van der Waals surface area contributed by atoms with Crippen LogP contribution in [0.15, 0.2) is 18.2 Å². The van der Waals surface area contributed by atoms with E-state index in [9.17, 15) is 4.79 Å². The van der Waals surface area contributed by atoms with Gasteiger partial charge < -0.3 is 9.84 Å². The second-order valence-electron chi connectivity index (χ2n) is 3.80. The van der Waals surface area contributed by atoms with Crippen LogP contribution in [0.5, 0.6) is 0 Å². The van der Waals surface area contributed by atoms with E-state index in [-0.39, 0.29) is 6.54 Å². The van der Waals surface area contributed by atoms with Crippen LogP contribution >= 0.6 is 23.2 Å². The van der Waals surface area contributed by atoms with Gasteiger partial charge in [0.15, 0.2) is 0 Å². The molecule has 0 heterocycles. The van der Waals surface area contributed by atoms with Gasteiger partial charge in [0.25, 0.3) is 0 Å². The molecular weight excluding hydrogens is 277 g/mol. The molecule has 0 saturated heterocycles. The van der Waals surface area contributed by atoms with Gasteiger partial charge in [0, 0.05) is 35.8 Å². The molecule has 0 aliphatic rings. The number of benzene rings is 1. The summed E-state index contributed by atoms with van der Waals surface area (Å²) in [5.41, 5.74) is 0.734. The number of halogens is 2. The number of aliphatic carboxylic acids is 1. The van der Waals surface area contributed by atoms with E-state index in [0.717, 1.165) is 5.56 Å². The summed E-state index contributed by atoms with van der Waals surface area (Å²) in [6, 6.07) is 5.22. The van der Waals surface area contributed by atoms with Crippen molar-refractivity contribution in [3.63, 3.8) is 0 Å². The summed E-state index contributed by atoms with van der Waals surface area (Å²) >= 11 is 12.1. The van der Waals surface area contributed by atoms with Crippen molar-refractivity contribution in [2.24, 2.45) is 0 Å². The van der Waals surface area contributed by atoms with Crippen LogP contribution in [-0.2, 0) is 16.1 Å². The Hall–Kier alpha value is -0.810. The first-order chi connectivity index (χ1) is 8.54. The van der Waals surface area contributed by atoms with E-state index in [2.05, 4.69) is 0 Å². The maximum Gasteiger partial charge on any atom is 0.317 e. The normalized spacial score (nSPS) is 10.9. The van der Waals surface area contributed by atoms with Gasteiger partial charge in [0.05, 0.1) is 13.2 Å². The largest absolute Gasteiger partial charge is 0.480 e. The highest BCUT2D eigenvalue weighted by Gasteiger charge is 2.14. The van der Waals surface area contributed by atoms with E-state index in [1.807, 2.05) is 0 Å². The van der Waals surface area contributed by atoms with Crippen LogP contribution in [0.4, 0.5) is 0 Å². The molecule has 0 aromatic heterocycles. The number of methoxy groups -OCH3 is 1. The average Bonchev–Trinajstić information content (AvgIpc) is 2.30. The molecule has 0 saturated carbocycles. The third-order valence-corrected chi connectivity index (χ3v) is 3.12. The van der Waals surface area contributed by atoms with E-state index in [4.69, 9.17) is 33.0 Å². The summed E-state index contributed by atoms with van der Waals surface area (Å²) in [5.74, 6) is -0.894. The molecule has 0 fully saturated rings. The Morgan fingerprint density at radius 3 is 2.50 bits per heavy atom. The standard InChI is InChI=1S/C12H15Cl2NO3/c1-18-6-5-15(8-12(16)17)7-9-10(13)3-2-4-11(9)14/h2-4H,5-8H2,1H3,(H,16,17). The van der Waals surface area contributed by atoms with Crippen molar-refractivity contribution in [1.82, 2.24) is 4.90 Å². The molecule has 0 aliphatic carbocycles. The van der Waals surface area contributed by atoms with E-state index in [1.54, 1.807) is 30.2 Å². The van der Waals surface area contributed by atoms with Gasteiger partial charge in [-0.3, -0.25) is 9.69 Å². The van der Waals surface area contributed by atoms with E-state index >= 15 is 0 Å². The summed E-state index contributed by atoms with van der Waals surface area (Å²) in [7, 11) is 1.57. The lowest BCUT2D eigenvalue weighted by Gasteiger charge is -2.21. The topological polar surface area (TPSA) is 49.8 Å². The maximum atomic E-state index is 10.8. The molecule has 1 N–H and O–H groups in total. The van der Waals surface area contributed by atoms with Crippen molar-refractivity contribution in [3.05, 3.63) is 33.8 Å². The van der Waals surface area contributed by atoms with Crippen LogP contribution in [0.2, 0.25) is 10.0 Å². The highest BCUT2D eigenvalue weighted by atomic mass is 35.5. The van der Waals surface area contributed by atoms with Crippen molar-refractivity contribution in [1.29, 1.82) is 0 Å². The molecule has 4 nitrogen and oxygen atoms in total. The minimum Gasteiger partial charge on any atom is -0.480 e. The quantitative estimate of drug-likeness (QED) is 0.839. The fourth-order valence-corrected chi connectivity index (χ4v) is 2.05.